The van der Waals surface area contributed by atoms with Crippen LogP contribution < -0.4 is 28.4 Å². The molecule has 0 spiro atoms. The maximum Gasteiger partial charge on any atom is 0.123 e. The molecule has 0 aromatic heterocycles. The van der Waals surface area contributed by atoms with E-state index in [9.17, 15) is 46.0 Å². The summed E-state index contributed by atoms with van der Waals surface area (Å²) < 4.78 is 36.5. The van der Waals surface area contributed by atoms with Crippen LogP contribution in [-0.2, 0) is 46.2 Å². The van der Waals surface area contributed by atoms with E-state index in [2.05, 4.69) is 0 Å². The molecule has 15 nitrogen and oxygen atoms in total. The lowest BCUT2D eigenvalue weighted by Gasteiger charge is -2.16. The van der Waals surface area contributed by atoms with Crippen molar-refractivity contribution < 1.29 is 74.4 Å². The van der Waals surface area contributed by atoms with Gasteiger partial charge in [0.15, 0.2) is 0 Å². The Morgan fingerprint density at radius 2 is 0.391 bits per heavy atom. The molecule has 0 heterocycles. The molecule has 0 atom stereocenters. The zero-order valence-electron chi connectivity index (χ0n) is 34.0. The molecule has 0 saturated heterocycles. The molecule has 0 aliphatic rings. The number of hydrogen-bond acceptors (Lipinski definition) is 15. The number of ether oxygens (including phenoxy) is 6. The van der Waals surface area contributed by atoms with Crippen molar-refractivity contribution in [3.05, 3.63) is 166 Å². The minimum atomic E-state index is -0.319. The average molecular weight is 873 g/mol. The third-order valence-corrected chi connectivity index (χ3v) is 9.28. The van der Waals surface area contributed by atoms with Crippen LogP contribution in [0.5, 0.6) is 80.5 Å². The first kappa shape index (κ1) is 43.8. The maximum atomic E-state index is 10.1. The minimum absolute atomic E-state index is 0.00168. The number of rotatable bonds is 19. The zero-order valence-corrected chi connectivity index (χ0v) is 34.0. The number of phenols is 8. The van der Waals surface area contributed by atoms with Crippen LogP contribution >= 0.6 is 0 Å². The molecule has 330 valence electrons. The van der Waals surface area contributed by atoms with E-state index in [1.54, 1.807) is 54.6 Å². The standard InChI is InChI=1S/C49H44O15/c50-22-29-9-44(63-27-34-11-46(59-23-30-1-36(51)15-37(52)2-30)20-47(12-34)60-24-31-3-38(53)16-39(54)4-31)19-45(10-29)64-28-35-13-48(61-25-32-5-40(55)17-41(56)6-32)21-49(14-35)62-26-33-7-42(57)18-43(58)8-33/h1-21,50-58H,22-28H2. The Morgan fingerprint density at radius 1 is 0.219 bits per heavy atom. The first-order valence-electron chi connectivity index (χ1n) is 19.7. The van der Waals surface area contributed by atoms with E-state index in [0.29, 0.717) is 73.4 Å². The molecule has 0 aliphatic carbocycles. The van der Waals surface area contributed by atoms with Crippen LogP contribution in [0.1, 0.15) is 38.9 Å². The summed E-state index contributed by atoms with van der Waals surface area (Å²) in [5, 5.41) is 89.6. The fraction of sp³-hybridized carbons (Fsp3) is 0.143. The Balaban J connectivity index is 1.08. The molecule has 0 saturated carbocycles. The van der Waals surface area contributed by atoms with E-state index >= 15 is 0 Å². The Kier molecular flexibility index (Phi) is 13.7. The first-order valence-corrected chi connectivity index (χ1v) is 19.7. The van der Waals surface area contributed by atoms with E-state index in [1.165, 1.54) is 72.8 Å². The SMILES string of the molecule is OCc1cc(OCc2cc(OCc3cc(O)cc(O)c3)cc(OCc3cc(O)cc(O)c3)c2)cc(OCc2cc(OCc3cc(O)cc(O)c3)cc(OCc3cc(O)cc(O)c3)c2)c1. The van der Waals surface area contributed by atoms with E-state index in [4.69, 9.17) is 28.4 Å². The lowest BCUT2D eigenvalue weighted by molar-refractivity contribution is 0.267. The predicted octanol–water partition coefficient (Wildman–Crippen LogP) is 8.30. The molecule has 7 rings (SSSR count). The van der Waals surface area contributed by atoms with E-state index in [-0.39, 0.29) is 92.2 Å². The van der Waals surface area contributed by atoms with Crippen molar-refractivity contribution >= 4 is 0 Å². The number of aliphatic hydroxyl groups is 1. The predicted molar refractivity (Wildman–Crippen MR) is 230 cm³/mol. The van der Waals surface area contributed by atoms with Gasteiger partial charge >= 0.3 is 0 Å². The van der Waals surface area contributed by atoms with E-state index in [0.717, 1.165) is 0 Å². The second kappa shape index (κ2) is 20.0. The summed E-state index contributed by atoms with van der Waals surface area (Å²) in [6, 6.07) is 31.7. The second-order valence-corrected chi connectivity index (χ2v) is 14.8. The molecule has 64 heavy (non-hydrogen) atoms. The average Bonchev–Trinajstić information content (AvgIpc) is 3.23. The maximum absolute atomic E-state index is 10.1. The van der Waals surface area contributed by atoms with Gasteiger partial charge in [0.1, 0.15) is 120 Å². The number of hydrogen-bond donors (Lipinski definition) is 9. The van der Waals surface area contributed by atoms with Gasteiger partial charge in [-0.05, 0) is 124 Å². The third-order valence-electron chi connectivity index (χ3n) is 9.28. The Labute approximate surface area is 366 Å². The quantitative estimate of drug-likeness (QED) is 0.0372. The first-order chi connectivity index (χ1) is 30.8. The van der Waals surface area contributed by atoms with Crippen molar-refractivity contribution in [2.45, 2.75) is 46.2 Å². The van der Waals surface area contributed by atoms with Crippen LogP contribution in [0.2, 0.25) is 0 Å². The molecular weight excluding hydrogens is 829 g/mol. The normalized spacial score (nSPS) is 10.9. The molecule has 9 N–H and O–H groups in total. The van der Waals surface area contributed by atoms with Crippen molar-refractivity contribution in [1.82, 2.24) is 0 Å². The fourth-order valence-corrected chi connectivity index (χ4v) is 6.61. The van der Waals surface area contributed by atoms with E-state index in [1.807, 2.05) is 0 Å². The number of phenolic OH excluding ortho intramolecular Hbond substituents is 8. The van der Waals surface area contributed by atoms with Gasteiger partial charge in [-0.3, -0.25) is 0 Å². The Morgan fingerprint density at radius 3 is 0.578 bits per heavy atom. The van der Waals surface area contributed by atoms with Crippen LogP contribution in [-0.4, -0.2) is 46.0 Å². The minimum Gasteiger partial charge on any atom is -0.508 e. The number of aliphatic hydroxyl groups excluding tert-OH is 1. The van der Waals surface area contributed by atoms with Gasteiger partial charge in [-0.25, -0.2) is 0 Å². The highest BCUT2D eigenvalue weighted by Crippen LogP contribution is 2.32. The molecule has 0 bridgehead atoms. The van der Waals surface area contributed by atoms with Crippen LogP contribution in [0.15, 0.2) is 127 Å². The summed E-state index contributed by atoms with van der Waals surface area (Å²) >= 11 is 0. The Hall–Kier alpha value is -8.30. The molecule has 15 heteroatoms. The molecule has 0 amide bonds. The molecule has 0 fully saturated rings. The molecule has 0 radical (unpaired) electrons. The number of benzene rings is 7. The topological polar surface area (TPSA) is 237 Å². The lowest BCUT2D eigenvalue weighted by Crippen LogP contribution is -2.03. The molecular formula is C49H44O15. The molecule has 0 aliphatic heterocycles. The molecule has 7 aromatic carbocycles. The zero-order chi connectivity index (χ0) is 45.2. The smallest absolute Gasteiger partial charge is 0.123 e. The van der Waals surface area contributed by atoms with Gasteiger partial charge in [0, 0.05) is 42.5 Å². The highest BCUT2D eigenvalue weighted by molar-refractivity contribution is 5.44. The van der Waals surface area contributed by atoms with Crippen molar-refractivity contribution in [3.8, 4) is 80.5 Å². The highest BCUT2D eigenvalue weighted by Gasteiger charge is 2.12. The van der Waals surface area contributed by atoms with Gasteiger partial charge in [-0.15, -0.1) is 0 Å². The number of aromatic hydroxyl groups is 8. The largest absolute Gasteiger partial charge is 0.508 e. The monoisotopic (exact) mass is 872 g/mol. The van der Waals surface area contributed by atoms with Crippen molar-refractivity contribution in [3.63, 3.8) is 0 Å². The second-order valence-electron chi connectivity index (χ2n) is 14.8. The summed E-state index contributed by atoms with van der Waals surface area (Å²) in [6.07, 6.45) is 0. The van der Waals surface area contributed by atoms with E-state index < -0.39 is 0 Å². The third kappa shape index (κ3) is 12.9. The summed E-state index contributed by atoms with van der Waals surface area (Å²) in [7, 11) is 0. The van der Waals surface area contributed by atoms with Gasteiger partial charge in [-0.1, -0.05) is 0 Å². The van der Waals surface area contributed by atoms with Crippen LogP contribution in [0, 0.1) is 0 Å². The molecule has 7 aromatic rings. The van der Waals surface area contributed by atoms with Crippen LogP contribution in [0.3, 0.4) is 0 Å². The fourth-order valence-electron chi connectivity index (χ4n) is 6.61. The highest BCUT2D eigenvalue weighted by atomic mass is 16.5. The van der Waals surface area contributed by atoms with Crippen LogP contribution in [0.25, 0.3) is 0 Å². The lowest BCUT2D eigenvalue weighted by atomic mass is 10.1. The summed E-state index contributed by atoms with van der Waals surface area (Å²) in [5.41, 5.74) is 3.78. The van der Waals surface area contributed by atoms with Gasteiger partial charge in [0.05, 0.1) is 6.61 Å². The van der Waals surface area contributed by atoms with Gasteiger partial charge in [-0.2, -0.15) is 0 Å². The Bertz CT molecular complexity index is 2320. The van der Waals surface area contributed by atoms with Crippen molar-refractivity contribution in [1.29, 1.82) is 0 Å². The summed E-state index contributed by atoms with van der Waals surface area (Å²) in [4.78, 5) is 0. The van der Waals surface area contributed by atoms with Crippen molar-refractivity contribution in [2.75, 3.05) is 0 Å². The summed E-state index contributed by atoms with van der Waals surface area (Å²) in [5.74, 6) is 1.25. The van der Waals surface area contributed by atoms with Crippen molar-refractivity contribution in [2.24, 2.45) is 0 Å². The van der Waals surface area contributed by atoms with Crippen LogP contribution in [0.4, 0.5) is 0 Å². The van der Waals surface area contributed by atoms with Gasteiger partial charge in [0.2, 0.25) is 0 Å². The van der Waals surface area contributed by atoms with Gasteiger partial charge in [0.25, 0.3) is 0 Å². The van der Waals surface area contributed by atoms with Gasteiger partial charge < -0.3 is 74.4 Å². The molecule has 0 unspecified atom stereocenters. The summed E-state index contributed by atoms with van der Waals surface area (Å²) in [6.45, 7) is -0.306.